The van der Waals surface area contributed by atoms with Gasteiger partial charge in [-0.15, -0.1) is 11.3 Å². The molecule has 3 aromatic rings. The summed E-state index contributed by atoms with van der Waals surface area (Å²) in [5, 5.41) is 8.14. The van der Waals surface area contributed by atoms with Crippen molar-refractivity contribution in [3.63, 3.8) is 0 Å². The number of rotatable bonds is 2. The Morgan fingerprint density at radius 3 is 2.78 bits per heavy atom. The first-order valence-electron chi connectivity index (χ1n) is 7.34. The number of benzene rings is 1. The van der Waals surface area contributed by atoms with Gasteiger partial charge in [0, 0.05) is 25.7 Å². The third-order valence-electron chi connectivity index (χ3n) is 3.92. The van der Waals surface area contributed by atoms with E-state index in [1.807, 2.05) is 35.7 Å². The van der Waals surface area contributed by atoms with Crippen LogP contribution < -0.4 is 0 Å². The van der Waals surface area contributed by atoms with E-state index in [-0.39, 0.29) is 11.9 Å². The molecule has 23 heavy (non-hydrogen) atoms. The zero-order valence-electron chi connectivity index (χ0n) is 12.5. The van der Waals surface area contributed by atoms with Crippen molar-refractivity contribution in [3.05, 3.63) is 58.5 Å². The summed E-state index contributed by atoms with van der Waals surface area (Å²) in [6.45, 7) is 1.55. The first kappa shape index (κ1) is 14.0. The molecule has 1 aliphatic rings. The van der Waals surface area contributed by atoms with Gasteiger partial charge in [-0.2, -0.15) is 5.10 Å². The van der Waals surface area contributed by atoms with Crippen molar-refractivity contribution in [1.82, 2.24) is 15.0 Å². The molecule has 0 radical (unpaired) electrons. The lowest BCUT2D eigenvalue weighted by Gasteiger charge is -2.20. The molecule has 2 aromatic heterocycles. The second-order valence-corrected chi connectivity index (χ2v) is 6.36. The van der Waals surface area contributed by atoms with Crippen LogP contribution in [-0.2, 0) is 4.79 Å². The van der Waals surface area contributed by atoms with E-state index in [0.29, 0.717) is 6.42 Å². The predicted molar refractivity (Wildman–Crippen MR) is 90.3 cm³/mol. The summed E-state index contributed by atoms with van der Waals surface area (Å²) in [5.41, 5.74) is 3.67. The normalized spacial score (nSPS) is 17.5. The topological polar surface area (TPSA) is 58.5 Å². The second-order valence-electron chi connectivity index (χ2n) is 5.41. The molecular weight excluding hydrogens is 308 g/mol. The third kappa shape index (κ3) is 2.51. The Morgan fingerprint density at radius 1 is 1.22 bits per heavy atom. The average Bonchev–Trinajstić information content (AvgIpc) is 3.23. The monoisotopic (exact) mass is 322 g/mol. The van der Waals surface area contributed by atoms with Crippen LogP contribution in [0.25, 0.3) is 11.0 Å². The molecule has 0 saturated heterocycles. The van der Waals surface area contributed by atoms with Gasteiger partial charge < -0.3 is 0 Å². The number of hydrogen-bond acceptors (Lipinski definition) is 5. The molecular formula is C17H14N4OS. The van der Waals surface area contributed by atoms with E-state index < -0.39 is 0 Å². The molecule has 6 heteroatoms. The number of hydrazone groups is 1. The van der Waals surface area contributed by atoms with Crippen LogP contribution in [0, 0.1) is 0 Å². The Hall–Kier alpha value is -2.60. The van der Waals surface area contributed by atoms with Crippen molar-refractivity contribution in [2.45, 2.75) is 19.4 Å². The van der Waals surface area contributed by atoms with E-state index in [1.54, 1.807) is 35.7 Å². The number of fused-ring (bicyclic) bond motifs is 1. The van der Waals surface area contributed by atoms with Gasteiger partial charge >= 0.3 is 0 Å². The Kier molecular flexibility index (Phi) is 3.38. The second kappa shape index (κ2) is 5.55. The minimum absolute atomic E-state index is 0.0548. The van der Waals surface area contributed by atoms with Crippen LogP contribution >= 0.6 is 11.3 Å². The molecule has 1 amide bonds. The van der Waals surface area contributed by atoms with Crippen molar-refractivity contribution in [1.29, 1.82) is 0 Å². The minimum Gasteiger partial charge on any atom is -0.273 e. The lowest BCUT2D eigenvalue weighted by atomic mass is 10.0. The largest absolute Gasteiger partial charge is 0.273 e. The van der Waals surface area contributed by atoms with Crippen LogP contribution in [0.2, 0.25) is 0 Å². The zero-order valence-corrected chi connectivity index (χ0v) is 13.3. The maximum Gasteiger partial charge on any atom is 0.240 e. The van der Waals surface area contributed by atoms with Crippen LogP contribution in [0.3, 0.4) is 0 Å². The average molecular weight is 322 g/mol. The Labute approximate surface area is 137 Å². The predicted octanol–water partition coefficient (Wildman–Crippen LogP) is 3.39. The molecule has 0 fully saturated rings. The van der Waals surface area contributed by atoms with Crippen molar-refractivity contribution < 1.29 is 4.79 Å². The fourth-order valence-corrected chi connectivity index (χ4v) is 3.56. The van der Waals surface area contributed by atoms with Gasteiger partial charge in [0.25, 0.3) is 0 Å². The fraction of sp³-hybridized carbons (Fsp3) is 0.176. The van der Waals surface area contributed by atoms with Crippen LogP contribution in [0.4, 0.5) is 0 Å². The van der Waals surface area contributed by atoms with Crippen molar-refractivity contribution in [3.8, 4) is 0 Å². The third-order valence-corrected chi connectivity index (χ3v) is 4.84. The molecule has 1 aliphatic heterocycles. The lowest BCUT2D eigenvalue weighted by Crippen LogP contribution is -2.24. The summed E-state index contributed by atoms with van der Waals surface area (Å²) >= 11 is 1.64. The van der Waals surface area contributed by atoms with Gasteiger partial charge in [-0.1, -0.05) is 12.1 Å². The summed E-state index contributed by atoms with van der Waals surface area (Å²) in [5.74, 6) is -0.0548. The highest BCUT2D eigenvalue weighted by molar-refractivity contribution is 7.12. The van der Waals surface area contributed by atoms with E-state index in [4.69, 9.17) is 0 Å². The van der Waals surface area contributed by atoms with Gasteiger partial charge in [-0.25, -0.2) is 5.01 Å². The number of amides is 1. The molecule has 4 rings (SSSR count). The van der Waals surface area contributed by atoms with Crippen molar-refractivity contribution in [2.75, 3.05) is 0 Å². The first-order valence-corrected chi connectivity index (χ1v) is 8.22. The molecule has 0 spiro atoms. The summed E-state index contributed by atoms with van der Waals surface area (Å²) in [4.78, 5) is 21.8. The van der Waals surface area contributed by atoms with Gasteiger partial charge in [0.2, 0.25) is 5.91 Å². The summed E-state index contributed by atoms with van der Waals surface area (Å²) in [6.07, 6.45) is 4.07. The van der Waals surface area contributed by atoms with E-state index in [2.05, 4.69) is 15.1 Å². The molecule has 0 aliphatic carbocycles. The molecule has 0 unspecified atom stereocenters. The lowest BCUT2D eigenvalue weighted by molar-refractivity contribution is -0.130. The summed E-state index contributed by atoms with van der Waals surface area (Å²) in [7, 11) is 0. The van der Waals surface area contributed by atoms with Gasteiger partial charge in [0.05, 0.1) is 27.7 Å². The van der Waals surface area contributed by atoms with E-state index in [1.165, 1.54) is 0 Å². The van der Waals surface area contributed by atoms with Crippen molar-refractivity contribution in [2.24, 2.45) is 5.10 Å². The molecule has 114 valence electrons. The highest BCUT2D eigenvalue weighted by Gasteiger charge is 2.31. The number of carbonyl (C=O) groups is 1. The highest BCUT2D eigenvalue weighted by Crippen LogP contribution is 2.34. The van der Waals surface area contributed by atoms with Crippen LogP contribution in [0.5, 0.6) is 0 Å². The van der Waals surface area contributed by atoms with Gasteiger partial charge in [-0.3, -0.25) is 14.8 Å². The Bertz CT molecular complexity index is 904. The molecule has 5 nitrogen and oxygen atoms in total. The van der Waals surface area contributed by atoms with Gasteiger partial charge in [-0.05, 0) is 29.1 Å². The molecule has 0 bridgehead atoms. The van der Waals surface area contributed by atoms with Crippen molar-refractivity contribution >= 4 is 34.0 Å². The van der Waals surface area contributed by atoms with E-state index in [9.17, 15) is 4.79 Å². The van der Waals surface area contributed by atoms with Crippen LogP contribution in [0.15, 0.2) is 53.2 Å². The summed E-state index contributed by atoms with van der Waals surface area (Å²) in [6, 6.07) is 9.89. The first-order chi connectivity index (χ1) is 11.2. The Morgan fingerprint density at radius 2 is 2.04 bits per heavy atom. The maximum atomic E-state index is 12.0. The maximum absolute atomic E-state index is 12.0. The van der Waals surface area contributed by atoms with Gasteiger partial charge in [0.15, 0.2) is 0 Å². The number of nitrogens with zero attached hydrogens (tertiary/aromatic N) is 4. The highest BCUT2D eigenvalue weighted by atomic mass is 32.1. The molecule has 1 atom stereocenters. The Balaban J connectivity index is 1.73. The molecule has 1 aromatic carbocycles. The summed E-state index contributed by atoms with van der Waals surface area (Å²) < 4.78 is 0. The number of carbonyl (C=O) groups excluding carboxylic acids is 1. The van der Waals surface area contributed by atoms with E-state index in [0.717, 1.165) is 27.2 Å². The number of thiophene rings is 1. The quantitative estimate of drug-likeness (QED) is 0.726. The number of hydrogen-bond donors (Lipinski definition) is 0. The smallest absolute Gasteiger partial charge is 0.240 e. The SMILES string of the molecule is CC(=O)N1N=C(c2cccs2)C[C@@H]1c1ccc2nccnc2c1. The zero-order chi connectivity index (χ0) is 15.8. The standard InChI is InChI=1S/C17H14N4OS/c1-11(22)21-16(10-15(20-21)17-3-2-8-23-17)12-4-5-13-14(9-12)19-7-6-18-13/h2-9,16H,10H2,1H3/t16-/m1/s1. The molecule has 0 saturated carbocycles. The van der Waals surface area contributed by atoms with Gasteiger partial charge in [0.1, 0.15) is 0 Å². The van der Waals surface area contributed by atoms with Crippen LogP contribution in [0.1, 0.15) is 29.8 Å². The number of aromatic nitrogens is 2. The van der Waals surface area contributed by atoms with Crippen LogP contribution in [-0.4, -0.2) is 26.6 Å². The molecule has 3 heterocycles. The minimum atomic E-state index is -0.0870. The molecule has 0 N–H and O–H groups in total. The fourth-order valence-electron chi connectivity index (χ4n) is 2.84. The van der Waals surface area contributed by atoms with E-state index >= 15 is 0 Å².